The molecular weight excluding hydrogens is 254 g/mol. The molecule has 1 amide bonds. The minimum Gasteiger partial charge on any atom is -0.375 e. The minimum absolute atomic E-state index is 0.0896. The van der Waals surface area contributed by atoms with Gasteiger partial charge in [0.05, 0.1) is 5.69 Å². The van der Waals surface area contributed by atoms with Crippen LogP contribution < -0.4 is 11.1 Å². The summed E-state index contributed by atoms with van der Waals surface area (Å²) in [6, 6.07) is 4.07. The van der Waals surface area contributed by atoms with Crippen molar-refractivity contribution in [3.05, 3.63) is 33.0 Å². The van der Waals surface area contributed by atoms with E-state index >= 15 is 0 Å². The Morgan fingerprint density at radius 1 is 1.59 bits per heavy atom. The molecule has 0 atom stereocenters. The number of carbonyl (C=O) groups excluding carboxylic acids is 1. The average Bonchev–Trinajstić information content (AvgIpc) is 2.88. The number of carbonyl (C=O) groups is 1. The van der Waals surface area contributed by atoms with Crippen molar-refractivity contribution in [2.24, 2.45) is 0 Å². The summed E-state index contributed by atoms with van der Waals surface area (Å²) < 4.78 is 0. The van der Waals surface area contributed by atoms with E-state index in [9.17, 15) is 4.79 Å². The fourth-order valence-electron chi connectivity index (χ4n) is 1.46. The van der Waals surface area contributed by atoms with E-state index < -0.39 is 0 Å². The second kappa shape index (κ2) is 5.29. The lowest BCUT2D eigenvalue weighted by Gasteiger charge is -2.02. The van der Waals surface area contributed by atoms with Gasteiger partial charge in [0.2, 0.25) is 0 Å². The highest BCUT2D eigenvalue weighted by Gasteiger charge is 2.13. The van der Waals surface area contributed by atoms with Crippen LogP contribution in [-0.4, -0.2) is 17.4 Å². The van der Waals surface area contributed by atoms with E-state index in [4.69, 9.17) is 5.73 Å². The number of amides is 1. The van der Waals surface area contributed by atoms with E-state index in [1.165, 1.54) is 16.2 Å². The molecule has 0 aliphatic rings. The van der Waals surface area contributed by atoms with Gasteiger partial charge in [0, 0.05) is 11.4 Å². The molecule has 0 bridgehead atoms. The lowest BCUT2D eigenvalue weighted by atomic mass is 10.3. The molecule has 17 heavy (non-hydrogen) atoms. The fourth-order valence-corrected chi connectivity index (χ4v) is 2.92. The van der Waals surface area contributed by atoms with Crippen molar-refractivity contribution in [2.45, 2.75) is 13.3 Å². The second-order valence-corrected chi connectivity index (χ2v) is 5.61. The average molecular weight is 267 g/mol. The number of rotatable bonds is 4. The number of thiophene rings is 1. The highest BCUT2D eigenvalue weighted by molar-refractivity contribution is 7.17. The smallest absolute Gasteiger partial charge is 0.263 e. The van der Waals surface area contributed by atoms with Crippen LogP contribution in [0, 0.1) is 6.92 Å². The van der Waals surface area contributed by atoms with Gasteiger partial charge in [0.1, 0.15) is 4.88 Å². The van der Waals surface area contributed by atoms with Crippen molar-refractivity contribution in [2.75, 3.05) is 12.3 Å². The molecule has 0 fully saturated rings. The van der Waals surface area contributed by atoms with E-state index in [-0.39, 0.29) is 5.91 Å². The van der Waals surface area contributed by atoms with E-state index in [0.717, 1.165) is 6.42 Å². The molecule has 4 nitrogen and oxygen atoms in total. The van der Waals surface area contributed by atoms with Crippen LogP contribution in [0.25, 0.3) is 0 Å². The number of nitrogen functional groups attached to an aromatic ring is 1. The van der Waals surface area contributed by atoms with Gasteiger partial charge in [-0.2, -0.15) is 0 Å². The third-order valence-corrected chi connectivity index (χ3v) is 4.18. The van der Waals surface area contributed by atoms with Crippen LogP contribution in [0.2, 0.25) is 0 Å². The maximum absolute atomic E-state index is 11.8. The predicted molar refractivity (Wildman–Crippen MR) is 71.6 cm³/mol. The quantitative estimate of drug-likeness (QED) is 0.891. The summed E-state index contributed by atoms with van der Waals surface area (Å²) in [5.41, 5.74) is 6.25. The number of nitrogens with zero attached hydrogens (tertiary/aromatic N) is 1. The Kier molecular flexibility index (Phi) is 3.75. The van der Waals surface area contributed by atoms with Gasteiger partial charge in [-0.15, -0.1) is 11.3 Å². The Labute approximate surface area is 107 Å². The maximum atomic E-state index is 11.8. The summed E-state index contributed by atoms with van der Waals surface area (Å²) >= 11 is 2.92. The minimum atomic E-state index is -0.0896. The van der Waals surface area contributed by atoms with Gasteiger partial charge in [0.15, 0.2) is 5.13 Å². The largest absolute Gasteiger partial charge is 0.375 e. The summed E-state index contributed by atoms with van der Waals surface area (Å²) in [6.07, 6.45) is 0.858. The lowest BCUT2D eigenvalue weighted by Crippen LogP contribution is -2.25. The number of thiazole rings is 1. The molecule has 90 valence electrons. The predicted octanol–water partition coefficient (Wildman–Crippen LogP) is 2.07. The molecule has 2 rings (SSSR count). The first-order valence-electron chi connectivity index (χ1n) is 5.20. The van der Waals surface area contributed by atoms with Crippen LogP contribution in [-0.2, 0) is 6.42 Å². The molecule has 0 unspecified atom stereocenters. The van der Waals surface area contributed by atoms with E-state index in [2.05, 4.69) is 16.4 Å². The van der Waals surface area contributed by atoms with E-state index in [0.29, 0.717) is 22.2 Å². The van der Waals surface area contributed by atoms with Gasteiger partial charge in [-0.05, 0) is 24.8 Å². The number of nitrogens with two attached hydrogens (primary N) is 1. The molecule has 0 aromatic carbocycles. The zero-order valence-electron chi connectivity index (χ0n) is 9.40. The van der Waals surface area contributed by atoms with E-state index in [1.807, 2.05) is 11.4 Å². The summed E-state index contributed by atoms with van der Waals surface area (Å²) in [6.45, 7) is 2.43. The van der Waals surface area contributed by atoms with Crippen molar-refractivity contribution >= 4 is 33.7 Å². The molecule has 0 spiro atoms. The molecule has 0 saturated heterocycles. The zero-order chi connectivity index (χ0) is 12.3. The van der Waals surface area contributed by atoms with Gasteiger partial charge in [-0.3, -0.25) is 4.79 Å². The first-order valence-corrected chi connectivity index (χ1v) is 6.90. The number of hydrogen-bond donors (Lipinski definition) is 2. The van der Waals surface area contributed by atoms with Crippen LogP contribution in [0.5, 0.6) is 0 Å². The highest BCUT2D eigenvalue weighted by atomic mass is 32.1. The first kappa shape index (κ1) is 12.1. The number of hydrogen-bond acceptors (Lipinski definition) is 5. The standard InChI is InChI=1S/C11H13N3OS2/c1-7-9(17-11(12)14-7)10(15)13-5-4-8-3-2-6-16-8/h2-3,6H,4-5H2,1H3,(H2,12,14)(H,13,15). The lowest BCUT2D eigenvalue weighted by molar-refractivity contribution is 0.0957. The van der Waals surface area contributed by atoms with Gasteiger partial charge >= 0.3 is 0 Å². The summed E-state index contributed by atoms with van der Waals surface area (Å²) in [4.78, 5) is 17.7. The molecule has 2 aromatic heterocycles. The Morgan fingerprint density at radius 3 is 3.00 bits per heavy atom. The zero-order valence-corrected chi connectivity index (χ0v) is 11.0. The Bertz CT molecular complexity index is 505. The van der Waals surface area contributed by atoms with Crippen LogP contribution in [0.3, 0.4) is 0 Å². The fraction of sp³-hybridized carbons (Fsp3) is 0.273. The molecule has 0 saturated carbocycles. The van der Waals surface area contributed by atoms with Crippen LogP contribution >= 0.6 is 22.7 Å². The van der Waals surface area contributed by atoms with Crippen LogP contribution in [0.4, 0.5) is 5.13 Å². The molecule has 0 aliphatic heterocycles. The molecule has 2 heterocycles. The number of nitrogens with one attached hydrogen (secondary N) is 1. The molecule has 6 heteroatoms. The Hall–Kier alpha value is -1.40. The van der Waals surface area contributed by atoms with Crippen LogP contribution in [0.1, 0.15) is 20.2 Å². The van der Waals surface area contributed by atoms with Crippen molar-refractivity contribution < 1.29 is 4.79 Å². The van der Waals surface area contributed by atoms with Crippen molar-refractivity contribution in [1.29, 1.82) is 0 Å². The Balaban J connectivity index is 1.87. The summed E-state index contributed by atoms with van der Waals surface area (Å²) in [5, 5.41) is 5.34. The topological polar surface area (TPSA) is 68.0 Å². The SMILES string of the molecule is Cc1nc(N)sc1C(=O)NCCc1cccs1. The van der Waals surface area contributed by atoms with Crippen molar-refractivity contribution in [1.82, 2.24) is 10.3 Å². The third-order valence-electron chi connectivity index (χ3n) is 2.26. The van der Waals surface area contributed by atoms with Gasteiger partial charge in [-0.25, -0.2) is 4.98 Å². The molecular formula is C11H13N3OS2. The first-order chi connectivity index (χ1) is 8.16. The van der Waals surface area contributed by atoms with Crippen molar-refractivity contribution in [3.8, 4) is 0 Å². The molecule has 2 aromatic rings. The number of anilines is 1. The monoisotopic (exact) mass is 267 g/mol. The Morgan fingerprint density at radius 2 is 2.41 bits per heavy atom. The molecule has 0 aliphatic carbocycles. The van der Waals surface area contributed by atoms with Gasteiger partial charge < -0.3 is 11.1 Å². The molecule has 0 radical (unpaired) electrons. The molecule has 3 N–H and O–H groups in total. The number of aryl methyl sites for hydroxylation is 1. The van der Waals surface area contributed by atoms with E-state index in [1.54, 1.807) is 18.3 Å². The van der Waals surface area contributed by atoms with Gasteiger partial charge in [-0.1, -0.05) is 17.4 Å². The van der Waals surface area contributed by atoms with Crippen molar-refractivity contribution in [3.63, 3.8) is 0 Å². The van der Waals surface area contributed by atoms with Gasteiger partial charge in [0.25, 0.3) is 5.91 Å². The van der Waals surface area contributed by atoms with Crippen LogP contribution in [0.15, 0.2) is 17.5 Å². The highest BCUT2D eigenvalue weighted by Crippen LogP contribution is 2.19. The summed E-state index contributed by atoms with van der Waals surface area (Å²) in [7, 11) is 0. The normalized spacial score (nSPS) is 10.4. The second-order valence-electron chi connectivity index (χ2n) is 3.55. The maximum Gasteiger partial charge on any atom is 0.263 e. The summed E-state index contributed by atoms with van der Waals surface area (Å²) in [5.74, 6) is -0.0896. The third kappa shape index (κ3) is 3.04. The number of aromatic nitrogens is 1.